The first-order chi connectivity index (χ1) is 12.4. The number of carbonyl (C=O) groups excluding carboxylic acids is 2. The molecule has 0 aliphatic carbocycles. The van der Waals surface area contributed by atoms with Gasteiger partial charge in [-0.25, -0.2) is 9.59 Å². The van der Waals surface area contributed by atoms with Crippen molar-refractivity contribution in [2.45, 2.75) is 65.8 Å². The van der Waals surface area contributed by atoms with E-state index in [1.54, 1.807) is 11.0 Å². The molecule has 0 aromatic heterocycles. The van der Waals surface area contributed by atoms with Crippen LogP contribution in [0.5, 0.6) is 0 Å². The molecule has 1 N–H and O–H groups in total. The van der Waals surface area contributed by atoms with E-state index in [-0.39, 0.29) is 24.6 Å². The van der Waals surface area contributed by atoms with Gasteiger partial charge >= 0.3 is 12.1 Å². The molecule has 3 rings (SSSR count). The number of fused-ring (bicyclic) bond motifs is 1. The van der Waals surface area contributed by atoms with Gasteiger partial charge in [-0.05, 0) is 44.9 Å². The van der Waals surface area contributed by atoms with Crippen LogP contribution in [0.25, 0.3) is 0 Å². The number of aliphatic hydroxyl groups excluding tert-OH is 1. The highest BCUT2D eigenvalue weighted by Gasteiger charge is 2.45. The molecule has 148 valence electrons. The third-order valence-electron chi connectivity index (χ3n) is 5.46. The van der Waals surface area contributed by atoms with E-state index in [0.717, 1.165) is 16.7 Å². The van der Waals surface area contributed by atoms with Gasteiger partial charge in [-0.15, -0.1) is 0 Å². The molecule has 2 unspecified atom stereocenters. The first-order valence-corrected chi connectivity index (χ1v) is 9.36. The molecule has 1 amide bonds. The van der Waals surface area contributed by atoms with Crippen molar-refractivity contribution < 1.29 is 24.2 Å². The molecule has 0 bridgehead atoms. The second-order valence-corrected chi connectivity index (χ2v) is 9.28. The summed E-state index contributed by atoms with van der Waals surface area (Å²) in [6, 6.07) is 3.64. The van der Waals surface area contributed by atoms with Gasteiger partial charge in [0.15, 0.2) is 0 Å². The Morgan fingerprint density at radius 3 is 2.63 bits per heavy atom. The average molecular weight is 375 g/mol. The van der Waals surface area contributed by atoms with Gasteiger partial charge < -0.3 is 19.5 Å². The zero-order valence-corrected chi connectivity index (χ0v) is 17.0. The van der Waals surface area contributed by atoms with E-state index in [9.17, 15) is 14.7 Å². The second-order valence-electron chi connectivity index (χ2n) is 9.28. The van der Waals surface area contributed by atoms with Crippen LogP contribution in [0, 0.1) is 12.3 Å². The molecular formula is C21H29NO5. The largest absolute Gasteiger partial charge is 0.457 e. The number of aliphatic hydroxyl groups is 1. The maximum absolute atomic E-state index is 12.7. The van der Waals surface area contributed by atoms with Crippen molar-refractivity contribution in [3.8, 4) is 0 Å². The number of cyclic esters (lactones) is 1. The Morgan fingerprint density at radius 1 is 1.33 bits per heavy atom. The van der Waals surface area contributed by atoms with Crippen molar-refractivity contribution >= 4 is 12.1 Å². The smallest absolute Gasteiger partial charge is 0.410 e. The third-order valence-corrected chi connectivity index (χ3v) is 5.46. The van der Waals surface area contributed by atoms with Gasteiger partial charge in [0.2, 0.25) is 0 Å². The Hall–Kier alpha value is -2.08. The predicted molar refractivity (Wildman–Crippen MR) is 101 cm³/mol. The number of amides is 1. The quantitative estimate of drug-likeness (QED) is 0.762. The summed E-state index contributed by atoms with van der Waals surface area (Å²) in [4.78, 5) is 26.1. The number of benzene rings is 1. The summed E-state index contributed by atoms with van der Waals surface area (Å²) < 4.78 is 10.7. The number of esters is 1. The molecule has 6 nitrogen and oxygen atoms in total. The fourth-order valence-electron chi connectivity index (χ4n) is 4.04. The molecule has 2 aliphatic rings. The lowest BCUT2D eigenvalue weighted by molar-refractivity contribution is -0.0507. The van der Waals surface area contributed by atoms with Crippen LogP contribution in [0.3, 0.4) is 0 Å². The zero-order chi connectivity index (χ0) is 20.1. The van der Waals surface area contributed by atoms with Gasteiger partial charge in [-0.2, -0.15) is 0 Å². The molecular weight excluding hydrogens is 346 g/mol. The molecule has 0 radical (unpaired) electrons. The summed E-state index contributed by atoms with van der Waals surface area (Å²) in [5, 5.41) is 11.0. The normalized spacial score (nSPS) is 24.4. The maximum Gasteiger partial charge on any atom is 0.410 e. The van der Waals surface area contributed by atoms with E-state index in [2.05, 4.69) is 0 Å². The minimum Gasteiger partial charge on any atom is -0.457 e. The van der Waals surface area contributed by atoms with Crippen LogP contribution in [0.1, 0.15) is 67.6 Å². The summed E-state index contributed by atoms with van der Waals surface area (Å²) in [5.41, 5.74) is 2.29. The molecule has 2 atom stereocenters. The lowest BCUT2D eigenvalue weighted by Gasteiger charge is -2.47. The molecule has 1 saturated heterocycles. The van der Waals surface area contributed by atoms with Crippen molar-refractivity contribution in [2.24, 2.45) is 5.41 Å². The lowest BCUT2D eigenvalue weighted by Crippen LogP contribution is -2.55. The molecule has 1 aromatic rings. The highest BCUT2D eigenvalue weighted by Crippen LogP contribution is 2.41. The van der Waals surface area contributed by atoms with E-state index >= 15 is 0 Å². The first kappa shape index (κ1) is 19.7. The Kier molecular flexibility index (Phi) is 4.75. The summed E-state index contributed by atoms with van der Waals surface area (Å²) >= 11 is 0. The topological polar surface area (TPSA) is 76.1 Å². The number of rotatable bonds is 1. The number of ether oxygens (including phenoxy) is 2. The van der Waals surface area contributed by atoms with Gasteiger partial charge in [0.05, 0.1) is 11.7 Å². The van der Waals surface area contributed by atoms with Gasteiger partial charge in [-0.1, -0.05) is 19.9 Å². The van der Waals surface area contributed by atoms with E-state index in [1.807, 2.05) is 47.6 Å². The molecule has 0 saturated carbocycles. The van der Waals surface area contributed by atoms with Crippen molar-refractivity contribution in [3.63, 3.8) is 0 Å². The number of nitrogens with zero attached hydrogens (tertiary/aromatic N) is 1. The first-order valence-electron chi connectivity index (χ1n) is 9.36. The molecule has 27 heavy (non-hydrogen) atoms. The van der Waals surface area contributed by atoms with Crippen molar-refractivity contribution in [3.05, 3.63) is 34.4 Å². The summed E-state index contributed by atoms with van der Waals surface area (Å²) in [6.45, 7) is 12.4. The Morgan fingerprint density at radius 2 is 2.00 bits per heavy atom. The van der Waals surface area contributed by atoms with E-state index in [1.165, 1.54) is 0 Å². The van der Waals surface area contributed by atoms with Crippen LogP contribution in [-0.2, 0) is 16.1 Å². The van der Waals surface area contributed by atoms with Crippen LogP contribution in [-0.4, -0.2) is 46.9 Å². The van der Waals surface area contributed by atoms with Gasteiger partial charge in [0, 0.05) is 30.0 Å². The van der Waals surface area contributed by atoms with Gasteiger partial charge in [-0.3, -0.25) is 0 Å². The van der Waals surface area contributed by atoms with E-state index in [0.29, 0.717) is 18.7 Å². The molecule has 6 heteroatoms. The molecule has 1 fully saturated rings. The van der Waals surface area contributed by atoms with Crippen molar-refractivity contribution in [2.75, 3.05) is 13.1 Å². The Balaban J connectivity index is 1.94. The third kappa shape index (κ3) is 3.68. The summed E-state index contributed by atoms with van der Waals surface area (Å²) in [7, 11) is 0. The van der Waals surface area contributed by atoms with Crippen LogP contribution < -0.4 is 0 Å². The fraction of sp³-hybridized carbons (Fsp3) is 0.619. The number of carbonyl (C=O) groups is 2. The summed E-state index contributed by atoms with van der Waals surface area (Å²) in [6.07, 6.45) is -0.990. The van der Waals surface area contributed by atoms with Crippen molar-refractivity contribution in [1.82, 2.24) is 4.90 Å². The second kappa shape index (κ2) is 6.51. The number of hydrogen-bond donors (Lipinski definition) is 1. The number of piperidine rings is 1. The molecule has 1 aromatic carbocycles. The predicted octanol–water partition coefficient (Wildman–Crippen LogP) is 3.39. The monoisotopic (exact) mass is 375 g/mol. The van der Waals surface area contributed by atoms with Crippen LogP contribution >= 0.6 is 0 Å². The highest BCUT2D eigenvalue weighted by molar-refractivity contribution is 5.94. The summed E-state index contributed by atoms with van der Waals surface area (Å²) in [5.74, 6) is -0.568. The van der Waals surface area contributed by atoms with Crippen LogP contribution in [0.2, 0.25) is 0 Å². The average Bonchev–Trinajstić information content (AvgIpc) is 2.91. The zero-order valence-electron chi connectivity index (χ0n) is 17.0. The fourth-order valence-corrected chi connectivity index (χ4v) is 4.04. The lowest BCUT2D eigenvalue weighted by atomic mass is 9.72. The minimum atomic E-state index is -0.619. The number of hydrogen-bond acceptors (Lipinski definition) is 5. The van der Waals surface area contributed by atoms with Crippen LogP contribution in [0.15, 0.2) is 12.1 Å². The molecule has 2 heterocycles. The minimum absolute atomic E-state index is 0.260. The highest BCUT2D eigenvalue weighted by atomic mass is 16.6. The maximum atomic E-state index is 12.7. The Bertz CT molecular complexity index is 778. The van der Waals surface area contributed by atoms with Crippen LogP contribution in [0.4, 0.5) is 4.79 Å². The molecule has 2 aliphatic heterocycles. The number of likely N-dealkylation sites (tertiary alicyclic amines) is 1. The van der Waals surface area contributed by atoms with Gasteiger partial charge in [0.25, 0.3) is 0 Å². The SMILES string of the molecule is Cc1c(C2CN(C(=O)OC(C)(C)C)CC(C)(C)C2O)ccc2c1COC2=O. The van der Waals surface area contributed by atoms with Gasteiger partial charge in [0.1, 0.15) is 12.2 Å². The van der Waals surface area contributed by atoms with E-state index < -0.39 is 17.1 Å². The standard InChI is InChI=1S/C21H29NO5/c1-12-13(7-8-14-16(12)10-26-18(14)24)15-9-22(11-21(5,6)17(15)23)19(25)27-20(2,3)4/h7-8,15,17,23H,9-11H2,1-6H3. The van der Waals surface area contributed by atoms with Crippen molar-refractivity contribution in [1.29, 1.82) is 0 Å². The molecule has 0 spiro atoms. The Labute approximate surface area is 160 Å². The van der Waals surface area contributed by atoms with E-state index in [4.69, 9.17) is 9.47 Å².